The zero-order valence-corrected chi connectivity index (χ0v) is 16.4. The Balaban J connectivity index is 2.16. The molecule has 0 aromatic heterocycles. The minimum absolute atomic E-state index is 0.0360. The minimum Gasteiger partial charge on any atom is -0.382 e. The fourth-order valence-corrected chi connectivity index (χ4v) is 4.70. The van der Waals surface area contributed by atoms with E-state index < -0.39 is 15.8 Å². The molecule has 0 bridgehead atoms. The van der Waals surface area contributed by atoms with Gasteiger partial charge in [-0.2, -0.15) is 0 Å². The molecular weight excluding hydrogens is 395 g/mol. The second kappa shape index (κ2) is 6.95. The number of nitrogens with zero attached hydrogens (tertiary/aromatic N) is 2. The van der Waals surface area contributed by atoms with Crippen LogP contribution in [0.2, 0.25) is 10.0 Å². The SMILES string of the molecule is CN(C)/C=C1\C(=O)c2ccccc2N(Cc2ccc(Cl)c(Cl)c2)S1(=O)=O. The average molecular weight is 411 g/mol. The van der Waals surface area contributed by atoms with Gasteiger partial charge in [-0.3, -0.25) is 9.10 Å². The largest absolute Gasteiger partial charge is 0.382 e. The van der Waals surface area contributed by atoms with Gasteiger partial charge in [0.05, 0.1) is 22.3 Å². The first-order valence-electron chi connectivity index (χ1n) is 7.70. The highest BCUT2D eigenvalue weighted by molar-refractivity contribution is 7.97. The van der Waals surface area contributed by atoms with Gasteiger partial charge in [-0.15, -0.1) is 0 Å². The molecule has 136 valence electrons. The standard InChI is InChI=1S/C18H16Cl2N2O3S/c1-21(2)11-17-18(23)13-5-3-4-6-16(13)22(26(17,24)25)10-12-7-8-14(19)15(20)9-12/h3-9,11H,10H2,1-2H3/b17-11+. The lowest BCUT2D eigenvalue weighted by atomic mass is 10.1. The van der Waals surface area contributed by atoms with E-state index in [0.717, 1.165) is 0 Å². The van der Waals surface area contributed by atoms with E-state index in [9.17, 15) is 13.2 Å². The van der Waals surface area contributed by atoms with E-state index in [-0.39, 0.29) is 11.4 Å². The highest BCUT2D eigenvalue weighted by Crippen LogP contribution is 2.36. The van der Waals surface area contributed by atoms with Crippen LogP contribution in [0.15, 0.2) is 53.6 Å². The molecule has 0 spiro atoms. The summed E-state index contributed by atoms with van der Waals surface area (Å²) in [5.74, 6) is -0.514. The molecule has 0 unspecified atom stereocenters. The Labute approximate surface area is 162 Å². The summed E-state index contributed by atoms with van der Waals surface area (Å²) in [6, 6.07) is 11.6. The molecule has 0 amide bonds. The summed E-state index contributed by atoms with van der Waals surface area (Å²) < 4.78 is 27.5. The molecule has 1 aliphatic heterocycles. The molecule has 2 aromatic rings. The molecule has 1 heterocycles. The predicted octanol–water partition coefficient (Wildman–Crippen LogP) is 3.93. The smallest absolute Gasteiger partial charge is 0.270 e. The number of hydrogen-bond donors (Lipinski definition) is 0. The topological polar surface area (TPSA) is 57.7 Å². The Morgan fingerprint density at radius 1 is 1.08 bits per heavy atom. The van der Waals surface area contributed by atoms with E-state index >= 15 is 0 Å². The highest BCUT2D eigenvalue weighted by atomic mass is 35.5. The third-order valence-electron chi connectivity index (χ3n) is 3.89. The summed E-state index contributed by atoms with van der Waals surface area (Å²) in [4.78, 5) is 14.0. The van der Waals surface area contributed by atoms with Gasteiger partial charge in [0.15, 0.2) is 4.91 Å². The maximum atomic E-state index is 13.1. The number of Topliss-reactive ketones (excluding diaryl/α,β-unsaturated/α-hetero) is 1. The number of ketones is 1. The van der Waals surface area contributed by atoms with Crippen LogP contribution < -0.4 is 4.31 Å². The Kier molecular flexibility index (Phi) is 5.01. The van der Waals surface area contributed by atoms with Gasteiger partial charge in [-0.25, -0.2) is 8.42 Å². The number of rotatable bonds is 3. The van der Waals surface area contributed by atoms with E-state index in [1.807, 2.05) is 0 Å². The molecular formula is C18H16Cl2N2O3S. The van der Waals surface area contributed by atoms with E-state index in [2.05, 4.69) is 0 Å². The normalized spacial score (nSPS) is 17.3. The minimum atomic E-state index is -4.02. The first kappa shape index (κ1) is 18.8. The van der Waals surface area contributed by atoms with Crippen molar-refractivity contribution in [1.29, 1.82) is 0 Å². The van der Waals surface area contributed by atoms with Crippen LogP contribution in [-0.4, -0.2) is 33.2 Å². The fourth-order valence-electron chi connectivity index (χ4n) is 2.71. The van der Waals surface area contributed by atoms with Gasteiger partial charge < -0.3 is 4.90 Å². The van der Waals surface area contributed by atoms with Crippen LogP contribution in [0.4, 0.5) is 5.69 Å². The molecule has 2 aromatic carbocycles. The first-order valence-corrected chi connectivity index (χ1v) is 9.90. The molecule has 3 rings (SSSR count). The van der Waals surface area contributed by atoms with Crippen LogP contribution in [0, 0.1) is 0 Å². The third-order valence-corrected chi connectivity index (χ3v) is 6.39. The maximum Gasteiger partial charge on any atom is 0.270 e. The number of halogens is 2. The summed E-state index contributed by atoms with van der Waals surface area (Å²) in [6.07, 6.45) is 1.33. The molecule has 0 radical (unpaired) electrons. The Morgan fingerprint density at radius 2 is 1.77 bits per heavy atom. The van der Waals surface area contributed by atoms with E-state index in [1.54, 1.807) is 56.6 Å². The van der Waals surface area contributed by atoms with Gasteiger partial charge in [-0.1, -0.05) is 41.4 Å². The molecule has 0 saturated carbocycles. The van der Waals surface area contributed by atoms with Crippen molar-refractivity contribution < 1.29 is 13.2 Å². The quantitative estimate of drug-likeness (QED) is 0.719. The van der Waals surface area contributed by atoms with Crippen molar-refractivity contribution in [2.24, 2.45) is 0 Å². The lowest BCUT2D eigenvalue weighted by Gasteiger charge is -2.31. The van der Waals surface area contributed by atoms with Gasteiger partial charge >= 0.3 is 0 Å². The molecule has 0 aliphatic carbocycles. The second-order valence-electron chi connectivity index (χ2n) is 6.06. The number of sulfonamides is 1. The van der Waals surface area contributed by atoms with Crippen LogP contribution in [0.5, 0.6) is 0 Å². The van der Waals surface area contributed by atoms with Crippen LogP contribution >= 0.6 is 23.2 Å². The number of fused-ring (bicyclic) bond motifs is 1. The third kappa shape index (κ3) is 3.32. The number of carbonyl (C=O) groups is 1. The molecule has 0 atom stereocenters. The molecule has 26 heavy (non-hydrogen) atoms. The Hall–Kier alpha value is -2.02. The predicted molar refractivity (Wildman–Crippen MR) is 104 cm³/mol. The lowest BCUT2D eigenvalue weighted by Crippen LogP contribution is -2.39. The van der Waals surface area contributed by atoms with Crippen LogP contribution in [0.25, 0.3) is 0 Å². The van der Waals surface area contributed by atoms with Crippen LogP contribution in [0.1, 0.15) is 15.9 Å². The summed E-state index contributed by atoms with van der Waals surface area (Å²) in [6.45, 7) is 0.0360. The number of para-hydroxylation sites is 1. The average Bonchev–Trinajstić information content (AvgIpc) is 2.58. The van der Waals surface area contributed by atoms with Crippen molar-refractivity contribution in [2.75, 3.05) is 18.4 Å². The van der Waals surface area contributed by atoms with E-state index in [4.69, 9.17) is 23.2 Å². The van der Waals surface area contributed by atoms with Crippen molar-refractivity contribution in [1.82, 2.24) is 4.90 Å². The number of anilines is 1. The molecule has 8 heteroatoms. The Morgan fingerprint density at radius 3 is 2.42 bits per heavy atom. The number of benzene rings is 2. The Bertz CT molecular complexity index is 1020. The van der Waals surface area contributed by atoms with Gasteiger partial charge in [0.2, 0.25) is 5.78 Å². The van der Waals surface area contributed by atoms with Crippen LogP contribution in [0.3, 0.4) is 0 Å². The molecule has 0 N–H and O–H groups in total. The van der Waals surface area contributed by atoms with Crippen molar-refractivity contribution >= 4 is 44.7 Å². The zero-order valence-electron chi connectivity index (χ0n) is 14.1. The van der Waals surface area contributed by atoms with Crippen molar-refractivity contribution in [2.45, 2.75) is 6.54 Å². The number of carbonyl (C=O) groups excluding carboxylic acids is 1. The summed E-state index contributed by atoms with van der Waals surface area (Å²) in [7, 11) is -0.683. The molecule has 0 fully saturated rings. The monoisotopic (exact) mass is 410 g/mol. The number of hydrogen-bond acceptors (Lipinski definition) is 4. The van der Waals surface area contributed by atoms with Gasteiger partial charge in [-0.05, 0) is 29.8 Å². The molecule has 1 aliphatic rings. The number of allylic oxidation sites excluding steroid dienone is 1. The maximum absolute atomic E-state index is 13.1. The first-order chi connectivity index (χ1) is 12.2. The molecule has 5 nitrogen and oxygen atoms in total. The molecule has 0 saturated heterocycles. The zero-order chi connectivity index (χ0) is 19.1. The van der Waals surface area contributed by atoms with Crippen molar-refractivity contribution in [3.63, 3.8) is 0 Å². The van der Waals surface area contributed by atoms with E-state index in [1.165, 1.54) is 15.4 Å². The lowest BCUT2D eigenvalue weighted by molar-refractivity contribution is 0.104. The summed E-state index contributed by atoms with van der Waals surface area (Å²) >= 11 is 12.0. The van der Waals surface area contributed by atoms with Gasteiger partial charge in [0, 0.05) is 25.9 Å². The van der Waals surface area contributed by atoms with Crippen molar-refractivity contribution in [3.8, 4) is 0 Å². The summed E-state index contributed by atoms with van der Waals surface area (Å²) in [5.41, 5.74) is 1.35. The van der Waals surface area contributed by atoms with Crippen LogP contribution in [-0.2, 0) is 16.6 Å². The van der Waals surface area contributed by atoms with Gasteiger partial charge in [0.1, 0.15) is 0 Å². The van der Waals surface area contributed by atoms with E-state index in [0.29, 0.717) is 26.9 Å². The second-order valence-corrected chi connectivity index (χ2v) is 8.71. The van der Waals surface area contributed by atoms with Gasteiger partial charge in [0.25, 0.3) is 10.0 Å². The van der Waals surface area contributed by atoms with Crippen molar-refractivity contribution in [3.05, 3.63) is 74.7 Å². The highest BCUT2D eigenvalue weighted by Gasteiger charge is 2.40. The fraction of sp³-hybridized carbons (Fsp3) is 0.167. The summed E-state index contributed by atoms with van der Waals surface area (Å²) in [5, 5.41) is 0.729.